The largest absolute Gasteiger partial charge is 0.365 e. The summed E-state index contributed by atoms with van der Waals surface area (Å²) in [4.78, 5) is 27.6. The van der Waals surface area contributed by atoms with E-state index in [1.807, 2.05) is 13.0 Å². The fraction of sp³-hybridized carbons (Fsp3) is 0.250. The molecule has 0 aliphatic rings. The van der Waals surface area contributed by atoms with Crippen LogP contribution in [0, 0.1) is 13.8 Å². The third-order valence-corrected chi connectivity index (χ3v) is 2.92. The number of nitrogens with zero attached hydrogens (tertiary/aromatic N) is 3. The maximum Gasteiger partial charge on any atom is 0.285 e. The lowest BCUT2D eigenvalue weighted by atomic mass is 10.2. The van der Waals surface area contributed by atoms with Crippen LogP contribution in [0.25, 0.3) is 5.82 Å². The van der Waals surface area contributed by atoms with E-state index in [1.54, 1.807) is 30.9 Å². The monoisotopic (exact) mass is 246 g/mol. The van der Waals surface area contributed by atoms with Crippen LogP contribution in [-0.4, -0.2) is 20.3 Å². The first-order chi connectivity index (χ1) is 8.43. The summed E-state index contributed by atoms with van der Waals surface area (Å²) in [6.45, 7) is 3.58. The highest BCUT2D eigenvalue weighted by Gasteiger charge is 2.20. The summed E-state index contributed by atoms with van der Waals surface area (Å²) in [5.74, 6) is -0.252. The van der Waals surface area contributed by atoms with Crippen molar-refractivity contribution in [3.05, 3.63) is 45.5 Å². The molecule has 0 radical (unpaired) electrons. The van der Waals surface area contributed by atoms with Crippen LogP contribution in [0.15, 0.2) is 23.1 Å². The van der Waals surface area contributed by atoms with Crippen LogP contribution in [0.1, 0.15) is 21.6 Å². The van der Waals surface area contributed by atoms with Gasteiger partial charge in [-0.25, -0.2) is 4.98 Å². The minimum Gasteiger partial charge on any atom is -0.365 e. The fourth-order valence-electron chi connectivity index (χ4n) is 1.89. The van der Waals surface area contributed by atoms with Gasteiger partial charge >= 0.3 is 0 Å². The molecule has 2 aromatic heterocycles. The topological polar surface area (TPSA) is 82.9 Å². The zero-order chi connectivity index (χ0) is 13.4. The number of amides is 1. The van der Waals surface area contributed by atoms with Crippen molar-refractivity contribution in [2.75, 3.05) is 0 Å². The Labute approximate surface area is 104 Å². The van der Waals surface area contributed by atoms with Crippen LogP contribution in [0.2, 0.25) is 0 Å². The average molecular weight is 246 g/mol. The Morgan fingerprint density at radius 2 is 2.06 bits per heavy atom. The summed E-state index contributed by atoms with van der Waals surface area (Å²) < 4.78 is 2.91. The molecule has 0 aliphatic carbocycles. The van der Waals surface area contributed by atoms with E-state index >= 15 is 0 Å². The lowest BCUT2D eigenvalue weighted by molar-refractivity contribution is 0.0998. The molecule has 0 spiro atoms. The Morgan fingerprint density at radius 3 is 2.56 bits per heavy atom. The van der Waals surface area contributed by atoms with Gasteiger partial charge in [0.2, 0.25) is 0 Å². The Hall–Kier alpha value is -2.37. The summed E-state index contributed by atoms with van der Waals surface area (Å²) in [5.41, 5.74) is 6.28. The molecule has 0 saturated heterocycles. The normalized spacial score (nSPS) is 10.6. The van der Waals surface area contributed by atoms with Gasteiger partial charge in [0.1, 0.15) is 5.56 Å². The van der Waals surface area contributed by atoms with Crippen LogP contribution >= 0.6 is 0 Å². The molecule has 0 aliphatic heterocycles. The van der Waals surface area contributed by atoms with E-state index in [9.17, 15) is 9.59 Å². The molecule has 0 unspecified atom stereocenters. The lowest BCUT2D eigenvalue weighted by Crippen LogP contribution is -2.26. The lowest BCUT2D eigenvalue weighted by Gasteiger charge is -2.07. The van der Waals surface area contributed by atoms with Crippen LogP contribution < -0.4 is 11.3 Å². The van der Waals surface area contributed by atoms with Gasteiger partial charge in [0.25, 0.3) is 11.5 Å². The highest BCUT2D eigenvalue weighted by atomic mass is 16.2. The molecular formula is C12H14N4O2. The van der Waals surface area contributed by atoms with E-state index in [2.05, 4.69) is 4.98 Å². The second-order valence-corrected chi connectivity index (χ2v) is 4.16. The maximum atomic E-state index is 12.2. The minimum atomic E-state index is -0.723. The molecule has 0 bridgehead atoms. The van der Waals surface area contributed by atoms with Crippen molar-refractivity contribution in [2.45, 2.75) is 13.8 Å². The minimum absolute atomic E-state index is 0.000746. The quantitative estimate of drug-likeness (QED) is 0.826. The van der Waals surface area contributed by atoms with Gasteiger partial charge in [0.05, 0.1) is 5.69 Å². The number of aryl methyl sites for hydroxylation is 1. The number of aromatic nitrogens is 3. The van der Waals surface area contributed by atoms with Crippen LogP contribution in [0.3, 0.4) is 0 Å². The van der Waals surface area contributed by atoms with Crippen molar-refractivity contribution in [1.82, 2.24) is 14.3 Å². The number of hydrogen-bond donors (Lipinski definition) is 1. The smallest absolute Gasteiger partial charge is 0.285 e. The Bertz CT molecular complexity index is 682. The standard InChI is InChI=1S/C12H14N4O2/c1-7-4-5-14-9(6-7)16-12(18)10(11(13)17)8(2)15(16)3/h4-6H,1-3H3,(H2,13,17). The first-order valence-corrected chi connectivity index (χ1v) is 5.45. The Kier molecular flexibility index (Phi) is 2.78. The number of pyridine rings is 1. The molecule has 0 aromatic carbocycles. The highest BCUT2D eigenvalue weighted by Crippen LogP contribution is 2.09. The molecule has 2 N–H and O–H groups in total. The molecule has 18 heavy (non-hydrogen) atoms. The summed E-state index contributed by atoms with van der Waals surface area (Å²) in [6, 6.07) is 3.60. The predicted molar refractivity (Wildman–Crippen MR) is 66.8 cm³/mol. The Balaban J connectivity index is 2.78. The second kappa shape index (κ2) is 4.14. The molecule has 2 aromatic rings. The van der Waals surface area contributed by atoms with E-state index in [0.29, 0.717) is 11.5 Å². The maximum absolute atomic E-state index is 12.2. The van der Waals surface area contributed by atoms with Gasteiger partial charge in [-0.1, -0.05) is 0 Å². The van der Waals surface area contributed by atoms with Crippen molar-refractivity contribution in [3.8, 4) is 5.82 Å². The van der Waals surface area contributed by atoms with Crippen molar-refractivity contribution < 1.29 is 4.79 Å². The van der Waals surface area contributed by atoms with Gasteiger partial charge < -0.3 is 5.73 Å². The SMILES string of the molecule is Cc1ccnc(-n2c(=O)c(C(N)=O)c(C)n2C)c1. The van der Waals surface area contributed by atoms with Gasteiger partial charge in [0.15, 0.2) is 5.82 Å². The third kappa shape index (κ3) is 1.71. The van der Waals surface area contributed by atoms with E-state index in [4.69, 9.17) is 5.73 Å². The van der Waals surface area contributed by atoms with Gasteiger partial charge in [0, 0.05) is 13.2 Å². The van der Waals surface area contributed by atoms with Gasteiger partial charge in [-0.15, -0.1) is 0 Å². The number of carbonyl (C=O) groups is 1. The predicted octanol–water partition coefficient (Wildman–Crippen LogP) is 0.287. The molecule has 0 atom stereocenters. The second-order valence-electron chi connectivity index (χ2n) is 4.16. The van der Waals surface area contributed by atoms with Crippen molar-refractivity contribution in [3.63, 3.8) is 0 Å². The molecule has 6 heteroatoms. The Morgan fingerprint density at radius 1 is 1.39 bits per heavy atom. The number of primary amides is 1. The highest BCUT2D eigenvalue weighted by molar-refractivity contribution is 5.93. The fourth-order valence-corrected chi connectivity index (χ4v) is 1.89. The summed E-state index contributed by atoms with van der Waals surface area (Å²) in [7, 11) is 1.69. The summed E-state index contributed by atoms with van der Waals surface area (Å²) in [5, 5.41) is 0. The first kappa shape index (κ1) is 12.1. The van der Waals surface area contributed by atoms with E-state index in [1.165, 1.54) is 4.68 Å². The van der Waals surface area contributed by atoms with Crippen molar-refractivity contribution >= 4 is 5.91 Å². The van der Waals surface area contributed by atoms with Crippen LogP contribution in [-0.2, 0) is 7.05 Å². The van der Waals surface area contributed by atoms with Crippen LogP contribution in [0.5, 0.6) is 0 Å². The number of carbonyl (C=O) groups excluding carboxylic acids is 1. The molecule has 1 amide bonds. The molecule has 0 saturated carbocycles. The third-order valence-electron chi connectivity index (χ3n) is 2.92. The molecule has 0 fully saturated rings. The summed E-state index contributed by atoms with van der Waals surface area (Å²) >= 11 is 0. The molecular weight excluding hydrogens is 232 g/mol. The first-order valence-electron chi connectivity index (χ1n) is 5.45. The van der Waals surface area contributed by atoms with E-state index in [-0.39, 0.29) is 5.56 Å². The molecule has 2 heterocycles. The van der Waals surface area contributed by atoms with E-state index in [0.717, 1.165) is 5.56 Å². The van der Waals surface area contributed by atoms with E-state index < -0.39 is 11.5 Å². The van der Waals surface area contributed by atoms with Gasteiger partial charge in [-0.2, -0.15) is 4.68 Å². The zero-order valence-corrected chi connectivity index (χ0v) is 10.5. The van der Waals surface area contributed by atoms with Gasteiger partial charge in [-0.05, 0) is 31.5 Å². The average Bonchev–Trinajstić information content (AvgIpc) is 2.50. The number of hydrogen-bond acceptors (Lipinski definition) is 3. The van der Waals surface area contributed by atoms with Crippen molar-refractivity contribution in [2.24, 2.45) is 12.8 Å². The van der Waals surface area contributed by atoms with Crippen molar-refractivity contribution in [1.29, 1.82) is 0 Å². The van der Waals surface area contributed by atoms with Crippen LogP contribution in [0.4, 0.5) is 0 Å². The van der Waals surface area contributed by atoms with Gasteiger partial charge in [-0.3, -0.25) is 14.3 Å². The zero-order valence-electron chi connectivity index (χ0n) is 10.5. The number of rotatable bonds is 2. The summed E-state index contributed by atoms with van der Waals surface area (Å²) in [6.07, 6.45) is 1.61. The molecule has 2 rings (SSSR count). The molecule has 6 nitrogen and oxygen atoms in total. The molecule has 94 valence electrons. The number of nitrogens with two attached hydrogens (primary N) is 1.